The number of nitrogens with zero attached hydrogens (tertiary/aromatic N) is 2. The number of benzene rings is 4. The maximum Gasteiger partial charge on any atom is 0.0633 e. The summed E-state index contributed by atoms with van der Waals surface area (Å²) in [7, 11) is 0. The number of hydrogen-bond acceptors (Lipinski definition) is 2. The zero-order valence-corrected chi connectivity index (χ0v) is 28.7. The van der Waals surface area contributed by atoms with Crippen molar-refractivity contribution in [1.29, 1.82) is 0 Å². The van der Waals surface area contributed by atoms with Gasteiger partial charge in [-0.05, 0) is 112 Å². The first-order valence-corrected chi connectivity index (χ1v) is 18.8. The third kappa shape index (κ3) is 6.67. The molecule has 0 bridgehead atoms. The second-order valence-electron chi connectivity index (χ2n) is 14.5. The van der Waals surface area contributed by atoms with Crippen molar-refractivity contribution in [3.05, 3.63) is 112 Å². The van der Waals surface area contributed by atoms with Crippen LogP contribution in [0.25, 0.3) is 22.3 Å². The first-order valence-electron chi connectivity index (χ1n) is 18.8. The normalized spacial score (nSPS) is 16.2. The zero-order valence-electron chi connectivity index (χ0n) is 28.7. The summed E-state index contributed by atoms with van der Waals surface area (Å²) in [6, 6.07) is 30.4. The molecule has 0 aromatic heterocycles. The Hall–Kier alpha value is -3.78. The van der Waals surface area contributed by atoms with Crippen molar-refractivity contribution < 1.29 is 0 Å². The van der Waals surface area contributed by atoms with Crippen LogP contribution >= 0.6 is 0 Å². The lowest BCUT2D eigenvalue weighted by molar-refractivity contribution is 0.401. The van der Waals surface area contributed by atoms with E-state index in [-0.39, 0.29) is 5.41 Å². The lowest BCUT2D eigenvalue weighted by atomic mass is 9.70. The van der Waals surface area contributed by atoms with Gasteiger partial charge in [0.1, 0.15) is 0 Å². The van der Waals surface area contributed by atoms with E-state index in [1.165, 1.54) is 140 Å². The van der Waals surface area contributed by atoms with Crippen LogP contribution in [0, 0.1) is 0 Å². The Kier molecular flexibility index (Phi) is 9.84. The molecule has 0 N–H and O–H groups in total. The monoisotopic (exact) mass is 620 g/mol. The fourth-order valence-corrected chi connectivity index (χ4v) is 8.67. The molecule has 0 saturated heterocycles. The molecule has 2 nitrogen and oxygen atoms in total. The van der Waals surface area contributed by atoms with E-state index in [1.807, 2.05) is 0 Å². The number of aliphatic imine (C=N–C) groups is 2. The van der Waals surface area contributed by atoms with Crippen molar-refractivity contribution >= 4 is 18.1 Å². The molecule has 0 heterocycles. The average molecular weight is 621 g/mol. The van der Waals surface area contributed by atoms with Gasteiger partial charge in [-0.2, -0.15) is 0 Å². The van der Waals surface area contributed by atoms with Crippen LogP contribution < -0.4 is 0 Å². The topological polar surface area (TPSA) is 24.7 Å². The van der Waals surface area contributed by atoms with Crippen LogP contribution in [0.3, 0.4) is 0 Å². The van der Waals surface area contributed by atoms with Gasteiger partial charge in [0.15, 0.2) is 0 Å². The molecule has 4 aromatic carbocycles. The minimum absolute atomic E-state index is 0.0482. The molecule has 0 spiro atoms. The van der Waals surface area contributed by atoms with E-state index in [9.17, 15) is 0 Å². The quantitative estimate of drug-likeness (QED) is 0.0871. The summed E-state index contributed by atoms with van der Waals surface area (Å²) >= 11 is 0. The second-order valence-corrected chi connectivity index (χ2v) is 14.5. The van der Waals surface area contributed by atoms with Gasteiger partial charge in [0.05, 0.1) is 5.69 Å². The number of unbranched alkanes of at least 4 members (excludes halogenated alkanes) is 6. The molecule has 0 aliphatic heterocycles. The smallest absolute Gasteiger partial charge is 0.0633 e. The predicted octanol–water partition coefficient (Wildman–Crippen LogP) is 12.6. The third-order valence-electron chi connectivity index (χ3n) is 11.2. The minimum Gasteiger partial charge on any atom is -0.289 e. The molecule has 0 atom stereocenters. The Morgan fingerprint density at radius 3 is 1.91 bits per heavy atom. The highest BCUT2D eigenvalue weighted by Gasteiger charge is 2.42. The lowest BCUT2D eigenvalue weighted by Crippen LogP contribution is -2.26. The maximum atomic E-state index is 5.05. The number of fused-ring (bicyclic) bond motifs is 6. The third-order valence-corrected chi connectivity index (χ3v) is 11.2. The Balaban J connectivity index is 1.23. The highest BCUT2D eigenvalue weighted by molar-refractivity contribution is 5.90. The van der Waals surface area contributed by atoms with Crippen molar-refractivity contribution in [2.75, 3.05) is 0 Å². The molecule has 2 heteroatoms. The van der Waals surface area contributed by atoms with Crippen LogP contribution in [-0.4, -0.2) is 18.5 Å². The van der Waals surface area contributed by atoms with Crippen LogP contribution in [-0.2, 0) is 11.8 Å². The predicted molar refractivity (Wildman–Crippen MR) is 202 cm³/mol. The molecule has 0 radical (unpaired) electrons. The summed E-state index contributed by atoms with van der Waals surface area (Å²) in [6.45, 7) is 4.64. The van der Waals surface area contributed by atoms with Crippen LogP contribution in [0.1, 0.15) is 137 Å². The Morgan fingerprint density at radius 1 is 0.617 bits per heavy atom. The molecule has 0 unspecified atom stereocenters. The second kappa shape index (κ2) is 14.5. The van der Waals surface area contributed by atoms with Crippen molar-refractivity contribution in [3.8, 4) is 22.3 Å². The summed E-state index contributed by atoms with van der Waals surface area (Å²) in [4.78, 5) is 10.1. The van der Waals surface area contributed by atoms with Gasteiger partial charge in [0, 0.05) is 23.9 Å². The van der Waals surface area contributed by atoms with Crippen LogP contribution in [0.15, 0.2) is 88.8 Å². The van der Waals surface area contributed by atoms with E-state index in [1.54, 1.807) is 5.56 Å². The maximum absolute atomic E-state index is 5.05. The van der Waals surface area contributed by atoms with E-state index in [4.69, 9.17) is 9.98 Å². The molecule has 1 saturated carbocycles. The fraction of sp³-hybridized carbons (Fsp3) is 0.422. The molecular formula is C45H52N2. The van der Waals surface area contributed by atoms with Crippen LogP contribution in [0.5, 0.6) is 0 Å². The first-order chi connectivity index (χ1) is 23.2. The summed E-state index contributed by atoms with van der Waals surface area (Å²) < 4.78 is 0. The Bertz CT molecular complexity index is 1740. The number of rotatable bonds is 14. The van der Waals surface area contributed by atoms with Crippen LogP contribution in [0.2, 0.25) is 0 Å². The SMILES string of the molecule is CCCCCCC1(CCCCCC)c2cc(C=Nc3ccc4c(c3)Cc3ccccc3-4)ccc2-c2ccc(C=NC3CCCC3)cc21. The molecular weight excluding hydrogens is 569 g/mol. The highest BCUT2D eigenvalue weighted by Crippen LogP contribution is 2.54. The molecule has 7 rings (SSSR count). The largest absolute Gasteiger partial charge is 0.289 e. The van der Waals surface area contributed by atoms with Gasteiger partial charge in [-0.1, -0.05) is 133 Å². The van der Waals surface area contributed by atoms with Crippen molar-refractivity contribution in [2.24, 2.45) is 9.98 Å². The average Bonchev–Trinajstić information content (AvgIpc) is 3.82. The van der Waals surface area contributed by atoms with Crippen LogP contribution in [0.4, 0.5) is 5.69 Å². The van der Waals surface area contributed by atoms with Gasteiger partial charge in [-0.25, -0.2) is 0 Å². The van der Waals surface area contributed by atoms with E-state index in [0.29, 0.717) is 6.04 Å². The standard InChI is InChI=1S/C45H52N2/c1-3-5-7-13-25-45(26-14-8-6-4-2)43-27-33(31-46-37-16-10-11-17-37)19-22-41(43)42-23-20-34(28-44(42)45)32-47-38-21-24-40-36(30-38)29-35-15-9-12-18-39(35)40/h9,12,15,18-24,27-28,30-32,37H,3-8,10-11,13-14,16-17,25-26,29H2,1-2H3. The van der Waals surface area contributed by atoms with Gasteiger partial charge in [-0.15, -0.1) is 0 Å². The van der Waals surface area contributed by atoms with Gasteiger partial charge in [0.2, 0.25) is 0 Å². The molecule has 1 fully saturated rings. The Morgan fingerprint density at radius 2 is 1.23 bits per heavy atom. The lowest BCUT2D eigenvalue weighted by Gasteiger charge is -2.33. The fourth-order valence-electron chi connectivity index (χ4n) is 8.67. The van der Waals surface area contributed by atoms with Gasteiger partial charge < -0.3 is 0 Å². The zero-order chi connectivity index (χ0) is 32.1. The molecule has 242 valence electrons. The Labute approximate surface area is 283 Å². The first kappa shape index (κ1) is 31.8. The van der Waals surface area contributed by atoms with E-state index in [0.717, 1.165) is 12.1 Å². The van der Waals surface area contributed by atoms with E-state index in [2.05, 4.69) is 105 Å². The number of hydrogen-bond donors (Lipinski definition) is 0. The molecule has 47 heavy (non-hydrogen) atoms. The van der Waals surface area contributed by atoms with Gasteiger partial charge in [0.25, 0.3) is 0 Å². The van der Waals surface area contributed by atoms with Crippen molar-refractivity contribution in [3.63, 3.8) is 0 Å². The van der Waals surface area contributed by atoms with E-state index >= 15 is 0 Å². The van der Waals surface area contributed by atoms with Gasteiger partial charge in [-0.3, -0.25) is 9.98 Å². The molecule has 4 aromatic rings. The van der Waals surface area contributed by atoms with Crippen molar-refractivity contribution in [2.45, 2.75) is 122 Å². The summed E-state index contributed by atoms with van der Waals surface area (Å²) in [5.74, 6) is 0. The van der Waals surface area contributed by atoms with Gasteiger partial charge >= 0.3 is 0 Å². The molecule has 3 aliphatic carbocycles. The summed E-state index contributed by atoms with van der Waals surface area (Å²) in [6.07, 6.45) is 23.2. The van der Waals surface area contributed by atoms with Crippen molar-refractivity contribution in [1.82, 2.24) is 0 Å². The minimum atomic E-state index is 0.0482. The summed E-state index contributed by atoms with van der Waals surface area (Å²) in [5.41, 5.74) is 15.0. The molecule has 0 amide bonds. The highest BCUT2D eigenvalue weighted by atomic mass is 14.8. The summed E-state index contributed by atoms with van der Waals surface area (Å²) in [5, 5.41) is 0. The van der Waals surface area contributed by atoms with E-state index < -0.39 is 0 Å². The molecule has 3 aliphatic rings.